The fourth-order valence-corrected chi connectivity index (χ4v) is 4.12. The Labute approximate surface area is 188 Å². The molecule has 0 spiro atoms. The van der Waals surface area contributed by atoms with Crippen LogP contribution in [0.1, 0.15) is 43.0 Å². The monoisotopic (exact) mass is 429 g/mol. The maximum absolute atomic E-state index is 13.9. The van der Waals surface area contributed by atoms with E-state index in [0.717, 1.165) is 16.7 Å². The van der Waals surface area contributed by atoms with E-state index in [1.165, 1.54) is 4.90 Å². The van der Waals surface area contributed by atoms with Crippen molar-refractivity contribution in [1.29, 1.82) is 0 Å². The van der Waals surface area contributed by atoms with Gasteiger partial charge in [-0.15, -0.1) is 0 Å². The number of ether oxygens (including phenoxy) is 2. The Morgan fingerprint density at radius 2 is 1.47 bits per heavy atom. The molecule has 0 N–H and O–H groups in total. The van der Waals surface area contributed by atoms with Gasteiger partial charge in [0.2, 0.25) is 0 Å². The molecule has 0 saturated heterocycles. The topological polar surface area (TPSA) is 55.8 Å². The fourth-order valence-electron chi connectivity index (χ4n) is 4.12. The minimum Gasteiger partial charge on any atom is -0.458 e. The first-order valence-corrected chi connectivity index (χ1v) is 10.7. The number of rotatable bonds is 4. The largest absolute Gasteiger partial charge is 0.458 e. The average Bonchev–Trinajstić information content (AvgIpc) is 3.14. The van der Waals surface area contributed by atoms with Gasteiger partial charge in [0.15, 0.2) is 5.54 Å². The van der Waals surface area contributed by atoms with Gasteiger partial charge < -0.3 is 9.47 Å². The molecule has 5 heteroatoms. The second kappa shape index (κ2) is 8.50. The molecule has 0 saturated carbocycles. The molecule has 0 aliphatic carbocycles. The lowest BCUT2D eigenvalue weighted by atomic mass is 9.82. The molecule has 1 amide bonds. The van der Waals surface area contributed by atoms with Gasteiger partial charge in [-0.1, -0.05) is 84.9 Å². The van der Waals surface area contributed by atoms with Gasteiger partial charge in [0.25, 0.3) is 0 Å². The normalized spacial score (nSPS) is 17.5. The van der Waals surface area contributed by atoms with E-state index < -0.39 is 23.2 Å². The van der Waals surface area contributed by atoms with Gasteiger partial charge in [-0.25, -0.2) is 9.59 Å². The van der Waals surface area contributed by atoms with E-state index in [4.69, 9.17) is 9.47 Å². The molecule has 0 aromatic heterocycles. The predicted molar refractivity (Wildman–Crippen MR) is 122 cm³/mol. The number of fused-ring (bicyclic) bond motifs is 1. The summed E-state index contributed by atoms with van der Waals surface area (Å²) in [5.74, 6) is -0.502. The van der Waals surface area contributed by atoms with Crippen molar-refractivity contribution in [1.82, 2.24) is 4.90 Å². The van der Waals surface area contributed by atoms with E-state index in [1.807, 2.05) is 106 Å². The zero-order valence-electron chi connectivity index (χ0n) is 18.6. The van der Waals surface area contributed by atoms with Gasteiger partial charge >= 0.3 is 12.1 Å². The molecular formula is C27H27NO4. The molecule has 0 bridgehead atoms. The van der Waals surface area contributed by atoms with Crippen molar-refractivity contribution in [2.24, 2.45) is 0 Å². The maximum atomic E-state index is 13.9. The predicted octanol–water partition coefficient (Wildman–Crippen LogP) is 5.42. The fraction of sp³-hybridized carbons (Fsp3) is 0.259. The van der Waals surface area contributed by atoms with Crippen LogP contribution in [0.2, 0.25) is 0 Å². The van der Waals surface area contributed by atoms with Crippen molar-refractivity contribution in [2.75, 3.05) is 0 Å². The number of hydrogen-bond donors (Lipinski definition) is 0. The minimum atomic E-state index is -1.43. The third kappa shape index (κ3) is 3.98. The third-order valence-corrected chi connectivity index (χ3v) is 5.45. The number of carbonyl (C=O) groups excluding carboxylic acids is 2. The molecule has 0 unspecified atom stereocenters. The number of nitrogens with zero attached hydrogens (tertiary/aromatic N) is 1. The smallest absolute Gasteiger partial charge is 0.411 e. The van der Waals surface area contributed by atoms with Gasteiger partial charge in [0.1, 0.15) is 12.2 Å². The molecule has 1 aliphatic rings. The highest BCUT2D eigenvalue weighted by Crippen LogP contribution is 2.46. The third-order valence-electron chi connectivity index (χ3n) is 5.45. The molecule has 1 heterocycles. The Balaban J connectivity index is 1.80. The number of esters is 1. The minimum absolute atomic E-state index is 0.117. The summed E-state index contributed by atoms with van der Waals surface area (Å²) in [5.41, 5.74) is 1.00. The Morgan fingerprint density at radius 3 is 2.12 bits per heavy atom. The first kappa shape index (κ1) is 21.6. The van der Waals surface area contributed by atoms with Gasteiger partial charge in [-0.3, -0.25) is 4.90 Å². The van der Waals surface area contributed by atoms with Gasteiger partial charge in [-0.05, 0) is 43.0 Å². The van der Waals surface area contributed by atoms with Crippen LogP contribution in [0.3, 0.4) is 0 Å². The Kier molecular flexibility index (Phi) is 5.74. The highest BCUT2D eigenvalue weighted by Gasteiger charge is 2.57. The molecule has 32 heavy (non-hydrogen) atoms. The first-order chi connectivity index (χ1) is 15.3. The molecule has 164 valence electrons. The van der Waals surface area contributed by atoms with Crippen LogP contribution in [-0.2, 0) is 33.0 Å². The van der Waals surface area contributed by atoms with E-state index in [-0.39, 0.29) is 13.2 Å². The van der Waals surface area contributed by atoms with Gasteiger partial charge in [-0.2, -0.15) is 0 Å². The Hall–Kier alpha value is -3.60. The van der Waals surface area contributed by atoms with Crippen LogP contribution in [0, 0.1) is 0 Å². The summed E-state index contributed by atoms with van der Waals surface area (Å²) in [5, 5.41) is 0. The van der Waals surface area contributed by atoms with Gasteiger partial charge in [0.05, 0.1) is 6.54 Å². The summed E-state index contributed by atoms with van der Waals surface area (Å²) in [6.07, 6.45) is -0.570. The zero-order chi connectivity index (χ0) is 22.8. The highest BCUT2D eigenvalue weighted by molar-refractivity contribution is 5.93. The van der Waals surface area contributed by atoms with E-state index in [0.29, 0.717) is 5.56 Å². The standard InChI is InChI=1S/C27H27NO4/c1-26(2,3)32-24(29)27(22-15-8-5-9-16-22)23-17-11-10-14-21(23)18-28(27)25(30)31-19-20-12-6-4-7-13-20/h4-17H,18-19H2,1-3H3/t27-/m1/s1. The van der Waals surface area contributed by atoms with E-state index in [9.17, 15) is 9.59 Å². The summed E-state index contributed by atoms with van der Waals surface area (Å²) >= 11 is 0. The molecule has 3 aromatic rings. The SMILES string of the molecule is CC(C)(C)OC(=O)[C@@]1(c2ccccc2)c2ccccc2CN1C(=O)OCc1ccccc1. The maximum Gasteiger partial charge on any atom is 0.411 e. The summed E-state index contributed by atoms with van der Waals surface area (Å²) < 4.78 is 11.6. The van der Waals surface area contributed by atoms with Crippen LogP contribution in [0.25, 0.3) is 0 Å². The zero-order valence-corrected chi connectivity index (χ0v) is 18.6. The van der Waals surface area contributed by atoms with Crippen molar-refractivity contribution < 1.29 is 19.1 Å². The lowest BCUT2D eigenvalue weighted by Gasteiger charge is -2.38. The van der Waals surface area contributed by atoms with Crippen molar-refractivity contribution in [3.05, 3.63) is 107 Å². The van der Waals surface area contributed by atoms with Crippen LogP contribution in [0.5, 0.6) is 0 Å². The second-order valence-electron chi connectivity index (χ2n) is 8.86. The van der Waals surface area contributed by atoms with Crippen LogP contribution < -0.4 is 0 Å². The molecule has 4 rings (SSSR count). The quantitative estimate of drug-likeness (QED) is 0.520. The first-order valence-electron chi connectivity index (χ1n) is 10.7. The van der Waals surface area contributed by atoms with Crippen LogP contribution in [0.15, 0.2) is 84.9 Å². The number of benzene rings is 3. The van der Waals surface area contributed by atoms with Crippen LogP contribution in [0.4, 0.5) is 4.79 Å². The molecule has 1 aliphatic heterocycles. The summed E-state index contributed by atoms with van der Waals surface area (Å²) in [6, 6.07) is 26.4. The van der Waals surface area contributed by atoms with E-state index in [2.05, 4.69) is 0 Å². The summed E-state index contributed by atoms with van der Waals surface area (Å²) in [7, 11) is 0. The molecule has 5 nitrogen and oxygen atoms in total. The molecule has 3 aromatic carbocycles. The van der Waals surface area contributed by atoms with Crippen LogP contribution in [-0.4, -0.2) is 22.6 Å². The van der Waals surface area contributed by atoms with Crippen LogP contribution >= 0.6 is 0 Å². The summed E-state index contributed by atoms with van der Waals surface area (Å²) in [4.78, 5) is 28.8. The van der Waals surface area contributed by atoms with Crippen molar-refractivity contribution in [3.8, 4) is 0 Å². The number of amides is 1. The van der Waals surface area contributed by atoms with Crippen molar-refractivity contribution in [3.63, 3.8) is 0 Å². The molecule has 0 fully saturated rings. The Bertz CT molecular complexity index is 1110. The molecule has 0 radical (unpaired) electrons. The number of hydrogen-bond acceptors (Lipinski definition) is 4. The van der Waals surface area contributed by atoms with Crippen molar-refractivity contribution in [2.45, 2.75) is 45.1 Å². The van der Waals surface area contributed by atoms with E-state index >= 15 is 0 Å². The van der Waals surface area contributed by atoms with Gasteiger partial charge in [0, 0.05) is 0 Å². The number of carbonyl (C=O) groups is 2. The molecular weight excluding hydrogens is 402 g/mol. The highest BCUT2D eigenvalue weighted by atomic mass is 16.6. The lowest BCUT2D eigenvalue weighted by molar-refractivity contribution is -0.166. The lowest BCUT2D eigenvalue weighted by Crippen LogP contribution is -2.53. The average molecular weight is 430 g/mol. The van der Waals surface area contributed by atoms with Crippen molar-refractivity contribution >= 4 is 12.1 Å². The Morgan fingerprint density at radius 1 is 0.875 bits per heavy atom. The summed E-state index contributed by atoms with van der Waals surface area (Å²) in [6.45, 7) is 5.83. The second-order valence-corrected chi connectivity index (χ2v) is 8.86. The molecule has 1 atom stereocenters. The van der Waals surface area contributed by atoms with E-state index in [1.54, 1.807) is 0 Å².